The smallest absolute Gasteiger partial charge is 0.125 e. The van der Waals surface area contributed by atoms with Gasteiger partial charge in [-0.1, -0.05) is 23.9 Å². The molecule has 0 aliphatic carbocycles. The quantitative estimate of drug-likeness (QED) is 0.906. The average molecular weight is 290 g/mol. The lowest BCUT2D eigenvalue weighted by Crippen LogP contribution is -1.98. The zero-order valence-electron chi connectivity index (χ0n) is 11.8. The van der Waals surface area contributed by atoms with Crippen LogP contribution in [0, 0.1) is 0 Å². The summed E-state index contributed by atoms with van der Waals surface area (Å²) >= 11 is 1.58. The Hall–Kier alpha value is -1.65. The molecule has 0 heterocycles. The van der Waals surface area contributed by atoms with E-state index in [1.54, 1.807) is 32.9 Å². The van der Waals surface area contributed by atoms with Crippen molar-refractivity contribution in [3.63, 3.8) is 0 Å². The van der Waals surface area contributed by atoms with Crippen LogP contribution in [-0.4, -0.2) is 19.3 Å². The van der Waals surface area contributed by atoms with Gasteiger partial charge in [0.15, 0.2) is 0 Å². The first-order chi connectivity index (χ1) is 9.65. The Labute approximate surface area is 123 Å². The Bertz CT molecular complexity index is 582. The van der Waals surface area contributed by atoms with Gasteiger partial charge in [-0.2, -0.15) is 0 Å². The fourth-order valence-electron chi connectivity index (χ4n) is 1.99. The van der Waals surface area contributed by atoms with Gasteiger partial charge in [-0.05, 0) is 37.3 Å². The van der Waals surface area contributed by atoms with Crippen LogP contribution in [0.15, 0.2) is 52.3 Å². The van der Waals surface area contributed by atoms with Crippen molar-refractivity contribution in [3.8, 4) is 11.5 Å². The zero-order chi connectivity index (χ0) is 14.5. The van der Waals surface area contributed by atoms with Crippen LogP contribution in [0.4, 0.5) is 0 Å². The molecule has 0 amide bonds. The third-order valence-electron chi connectivity index (χ3n) is 2.93. The number of hydrogen-bond acceptors (Lipinski definition) is 4. The SMILES string of the molecule is COc1cccc(Sc2cccc(OC)c2[C@@H](C)O)c1. The van der Waals surface area contributed by atoms with Crippen molar-refractivity contribution in [2.24, 2.45) is 0 Å². The third-order valence-corrected chi connectivity index (χ3v) is 4.00. The van der Waals surface area contributed by atoms with E-state index < -0.39 is 6.10 Å². The highest BCUT2D eigenvalue weighted by Crippen LogP contribution is 2.38. The van der Waals surface area contributed by atoms with Crippen LogP contribution in [0.5, 0.6) is 11.5 Å². The van der Waals surface area contributed by atoms with Gasteiger partial charge >= 0.3 is 0 Å². The number of aliphatic hydroxyl groups is 1. The molecule has 0 aliphatic rings. The minimum Gasteiger partial charge on any atom is -0.497 e. The normalized spacial score (nSPS) is 12.0. The van der Waals surface area contributed by atoms with E-state index in [2.05, 4.69) is 0 Å². The van der Waals surface area contributed by atoms with E-state index in [0.29, 0.717) is 5.75 Å². The molecule has 2 aromatic rings. The molecular weight excluding hydrogens is 272 g/mol. The molecular formula is C16H18O3S. The van der Waals surface area contributed by atoms with Crippen LogP contribution >= 0.6 is 11.8 Å². The molecule has 1 N–H and O–H groups in total. The molecule has 0 unspecified atom stereocenters. The van der Waals surface area contributed by atoms with Gasteiger partial charge in [-0.15, -0.1) is 0 Å². The van der Waals surface area contributed by atoms with Crippen molar-refractivity contribution >= 4 is 11.8 Å². The van der Waals surface area contributed by atoms with Gasteiger partial charge in [0.2, 0.25) is 0 Å². The molecule has 0 bridgehead atoms. The maximum Gasteiger partial charge on any atom is 0.125 e. The van der Waals surface area contributed by atoms with E-state index >= 15 is 0 Å². The molecule has 0 saturated heterocycles. The highest BCUT2D eigenvalue weighted by atomic mass is 32.2. The number of rotatable bonds is 5. The lowest BCUT2D eigenvalue weighted by Gasteiger charge is -2.15. The summed E-state index contributed by atoms with van der Waals surface area (Å²) in [5.41, 5.74) is 0.808. The number of benzene rings is 2. The zero-order valence-corrected chi connectivity index (χ0v) is 12.6. The standard InChI is InChI=1S/C16H18O3S/c1-11(17)16-14(19-3)8-5-9-15(16)20-13-7-4-6-12(10-13)18-2/h4-11,17H,1-3H3/t11-/m1/s1. The largest absolute Gasteiger partial charge is 0.497 e. The van der Waals surface area contributed by atoms with Gasteiger partial charge in [0.1, 0.15) is 11.5 Å². The second kappa shape index (κ2) is 6.68. The molecule has 0 spiro atoms. The Morgan fingerprint density at radius 2 is 1.80 bits per heavy atom. The van der Waals surface area contributed by atoms with Gasteiger partial charge in [-0.25, -0.2) is 0 Å². The lowest BCUT2D eigenvalue weighted by atomic mass is 10.1. The van der Waals surface area contributed by atoms with Gasteiger partial charge in [0, 0.05) is 15.4 Å². The maximum atomic E-state index is 9.98. The summed E-state index contributed by atoms with van der Waals surface area (Å²) in [4.78, 5) is 2.03. The van der Waals surface area contributed by atoms with E-state index in [1.165, 1.54) is 0 Å². The van der Waals surface area contributed by atoms with Crippen molar-refractivity contribution in [1.82, 2.24) is 0 Å². The monoisotopic (exact) mass is 290 g/mol. The lowest BCUT2D eigenvalue weighted by molar-refractivity contribution is 0.191. The summed E-state index contributed by atoms with van der Waals surface area (Å²) in [6, 6.07) is 13.6. The van der Waals surface area contributed by atoms with Crippen LogP contribution in [0.2, 0.25) is 0 Å². The average Bonchev–Trinajstić information content (AvgIpc) is 2.46. The van der Waals surface area contributed by atoms with E-state index in [0.717, 1.165) is 21.1 Å². The predicted octanol–water partition coefficient (Wildman–Crippen LogP) is 3.91. The van der Waals surface area contributed by atoms with Gasteiger partial charge in [0.25, 0.3) is 0 Å². The Kier molecular flexibility index (Phi) is 4.93. The highest BCUT2D eigenvalue weighted by molar-refractivity contribution is 7.99. The molecule has 0 aromatic heterocycles. The second-order valence-corrected chi connectivity index (χ2v) is 5.44. The molecule has 4 heteroatoms. The van der Waals surface area contributed by atoms with Crippen molar-refractivity contribution in [2.75, 3.05) is 14.2 Å². The van der Waals surface area contributed by atoms with E-state index in [4.69, 9.17) is 9.47 Å². The second-order valence-electron chi connectivity index (χ2n) is 4.33. The number of ether oxygens (including phenoxy) is 2. The van der Waals surface area contributed by atoms with Crippen molar-refractivity contribution in [2.45, 2.75) is 22.8 Å². The summed E-state index contributed by atoms with van der Waals surface area (Å²) in [5.74, 6) is 1.52. The molecule has 20 heavy (non-hydrogen) atoms. The summed E-state index contributed by atoms with van der Waals surface area (Å²) < 4.78 is 10.6. The highest BCUT2D eigenvalue weighted by Gasteiger charge is 2.15. The van der Waals surface area contributed by atoms with Crippen LogP contribution < -0.4 is 9.47 Å². The molecule has 1 atom stereocenters. The number of hydrogen-bond donors (Lipinski definition) is 1. The number of aliphatic hydroxyl groups excluding tert-OH is 1. The maximum absolute atomic E-state index is 9.98. The Morgan fingerprint density at radius 3 is 2.45 bits per heavy atom. The molecule has 0 aliphatic heterocycles. The summed E-state index contributed by atoms with van der Waals surface area (Å²) in [6.45, 7) is 1.74. The van der Waals surface area contributed by atoms with Crippen LogP contribution in [-0.2, 0) is 0 Å². The van der Waals surface area contributed by atoms with Crippen molar-refractivity contribution in [1.29, 1.82) is 0 Å². The van der Waals surface area contributed by atoms with Gasteiger partial charge in [-0.3, -0.25) is 0 Å². The first kappa shape index (κ1) is 14.8. The first-order valence-electron chi connectivity index (χ1n) is 6.32. The minimum absolute atomic E-state index is 0.584. The van der Waals surface area contributed by atoms with Crippen LogP contribution in [0.1, 0.15) is 18.6 Å². The summed E-state index contributed by atoms with van der Waals surface area (Å²) in [6.07, 6.45) is -0.584. The minimum atomic E-state index is -0.584. The number of methoxy groups -OCH3 is 2. The molecule has 2 rings (SSSR count). The Balaban J connectivity index is 2.37. The molecule has 0 saturated carbocycles. The van der Waals surface area contributed by atoms with E-state index in [9.17, 15) is 5.11 Å². The summed E-state index contributed by atoms with van der Waals surface area (Å²) in [7, 11) is 3.26. The molecule has 0 radical (unpaired) electrons. The fourth-order valence-corrected chi connectivity index (χ4v) is 3.10. The third kappa shape index (κ3) is 3.26. The van der Waals surface area contributed by atoms with Crippen molar-refractivity contribution < 1.29 is 14.6 Å². The van der Waals surface area contributed by atoms with Crippen molar-refractivity contribution in [3.05, 3.63) is 48.0 Å². The fraction of sp³-hybridized carbons (Fsp3) is 0.250. The van der Waals surface area contributed by atoms with E-state index in [1.807, 2.05) is 42.5 Å². The molecule has 106 valence electrons. The van der Waals surface area contributed by atoms with Gasteiger partial charge < -0.3 is 14.6 Å². The molecule has 3 nitrogen and oxygen atoms in total. The summed E-state index contributed by atoms with van der Waals surface area (Å²) in [5, 5.41) is 9.98. The van der Waals surface area contributed by atoms with Crippen LogP contribution in [0.3, 0.4) is 0 Å². The van der Waals surface area contributed by atoms with Gasteiger partial charge in [0.05, 0.1) is 20.3 Å². The first-order valence-corrected chi connectivity index (χ1v) is 7.14. The molecule has 0 fully saturated rings. The molecule has 2 aromatic carbocycles. The van der Waals surface area contributed by atoms with Crippen LogP contribution in [0.25, 0.3) is 0 Å². The Morgan fingerprint density at radius 1 is 1.05 bits per heavy atom. The topological polar surface area (TPSA) is 38.7 Å². The predicted molar refractivity (Wildman–Crippen MR) is 80.7 cm³/mol. The van der Waals surface area contributed by atoms with E-state index in [-0.39, 0.29) is 0 Å².